The lowest BCUT2D eigenvalue weighted by Crippen LogP contribution is -2.10. The van der Waals surface area contributed by atoms with Crippen LogP contribution < -0.4 is 10.1 Å². The minimum Gasteiger partial charge on any atom is -0.474 e. The van der Waals surface area contributed by atoms with Gasteiger partial charge in [-0.05, 0) is 61.7 Å². The highest BCUT2D eigenvalue weighted by Gasteiger charge is 2.24. The molecule has 1 saturated carbocycles. The molecule has 1 aromatic carbocycles. The maximum absolute atomic E-state index is 5.80. The summed E-state index contributed by atoms with van der Waals surface area (Å²) in [5.74, 6) is 0.745. The quantitative estimate of drug-likeness (QED) is 0.945. The van der Waals surface area contributed by atoms with Crippen LogP contribution in [0.2, 0.25) is 0 Å². The number of hydrogen-bond acceptors (Lipinski definition) is 4. The first kappa shape index (κ1) is 16.0. The van der Waals surface area contributed by atoms with Crippen LogP contribution in [0.25, 0.3) is 11.1 Å². The monoisotopic (exact) mass is 312 g/mol. The molecule has 0 saturated heterocycles. The molecule has 0 unspecified atom stereocenters. The van der Waals surface area contributed by atoms with Gasteiger partial charge in [-0.1, -0.05) is 18.2 Å². The number of aromatic nitrogens is 1. The molecule has 1 aromatic heterocycles. The lowest BCUT2D eigenvalue weighted by atomic mass is 9.93. The van der Waals surface area contributed by atoms with Gasteiger partial charge in [-0.2, -0.15) is 0 Å². The second-order valence-corrected chi connectivity index (χ2v) is 5.95. The summed E-state index contributed by atoms with van der Waals surface area (Å²) < 4.78 is 11.3. The molecule has 4 nitrogen and oxygen atoms in total. The molecular weight excluding hydrogens is 288 g/mol. The minimum absolute atomic E-state index is 0.385. The SMILES string of the molecule is CNC.c1cc2c(c(-c3ccnc(OC4CC4)c3)c1)CCOC2. The van der Waals surface area contributed by atoms with Crippen LogP contribution in [0.3, 0.4) is 0 Å². The number of benzene rings is 1. The Labute approximate surface area is 137 Å². The van der Waals surface area contributed by atoms with E-state index in [-0.39, 0.29) is 0 Å². The number of nitrogens with zero attached hydrogens (tertiary/aromatic N) is 1. The highest BCUT2D eigenvalue weighted by Crippen LogP contribution is 2.32. The summed E-state index contributed by atoms with van der Waals surface area (Å²) in [4.78, 5) is 4.31. The summed E-state index contributed by atoms with van der Waals surface area (Å²) >= 11 is 0. The van der Waals surface area contributed by atoms with Gasteiger partial charge in [-0.15, -0.1) is 0 Å². The van der Waals surface area contributed by atoms with Gasteiger partial charge in [0.25, 0.3) is 0 Å². The average molecular weight is 312 g/mol. The Morgan fingerprint density at radius 1 is 1.22 bits per heavy atom. The zero-order chi connectivity index (χ0) is 16.1. The maximum atomic E-state index is 5.80. The third-order valence-corrected chi connectivity index (χ3v) is 3.88. The fraction of sp³-hybridized carbons (Fsp3) is 0.421. The highest BCUT2D eigenvalue weighted by molar-refractivity contribution is 5.69. The van der Waals surface area contributed by atoms with Crippen molar-refractivity contribution in [2.75, 3.05) is 20.7 Å². The molecule has 0 bridgehead atoms. The molecule has 1 aliphatic carbocycles. The first-order valence-corrected chi connectivity index (χ1v) is 8.22. The summed E-state index contributed by atoms with van der Waals surface area (Å²) in [5.41, 5.74) is 5.18. The third kappa shape index (κ3) is 4.09. The van der Waals surface area contributed by atoms with Gasteiger partial charge >= 0.3 is 0 Å². The van der Waals surface area contributed by atoms with Crippen molar-refractivity contribution in [1.82, 2.24) is 10.3 Å². The molecule has 23 heavy (non-hydrogen) atoms. The van der Waals surface area contributed by atoms with Gasteiger partial charge < -0.3 is 14.8 Å². The number of nitrogens with one attached hydrogen (secondary N) is 1. The van der Waals surface area contributed by atoms with E-state index in [1.807, 2.05) is 20.3 Å². The fourth-order valence-corrected chi connectivity index (χ4v) is 2.69. The fourth-order valence-electron chi connectivity index (χ4n) is 2.69. The summed E-state index contributed by atoms with van der Waals surface area (Å²) in [5, 5.41) is 2.75. The summed E-state index contributed by atoms with van der Waals surface area (Å²) in [6, 6.07) is 10.6. The number of rotatable bonds is 3. The average Bonchev–Trinajstić information content (AvgIpc) is 3.39. The summed E-state index contributed by atoms with van der Waals surface area (Å²) in [7, 11) is 3.75. The molecule has 4 rings (SSSR count). The van der Waals surface area contributed by atoms with Crippen LogP contribution in [0.4, 0.5) is 0 Å². The van der Waals surface area contributed by atoms with Crippen molar-refractivity contribution in [3.8, 4) is 17.0 Å². The first-order valence-electron chi connectivity index (χ1n) is 8.22. The zero-order valence-electron chi connectivity index (χ0n) is 13.8. The van der Waals surface area contributed by atoms with Gasteiger partial charge in [0.1, 0.15) is 6.10 Å². The van der Waals surface area contributed by atoms with Gasteiger partial charge in [0.05, 0.1) is 13.2 Å². The zero-order valence-corrected chi connectivity index (χ0v) is 13.8. The molecule has 2 aliphatic rings. The van der Waals surface area contributed by atoms with Crippen molar-refractivity contribution in [3.05, 3.63) is 47.7 Å². The van der Waals surface area contributed by atoms with E-state index >= 15 is 0 Å². The van der Waals surface area contributed by atoms with Gasteiger partial charge in [0.15, 0.2) is 0 Å². The third-order valence-electron chi connectivity index (χ3n) is 3.88. The normalized spacial score (nSPS) is 16.1. The van der Waals surface area contributed by atoms with E-state index in [0.29, 0.717) is 6.10 Å². The summed E-state index contributed by atoms with van der Waals surface area (Å²) in [6.45, 7) is 1.53. The Balaban J connectivity index is 0.000000485. The van der Waals surface area contributed by atoms with E-state index in [2.05, 4.69) is 40.6 Å². The molecule has 1 fully saturated rings. The molecule has 0 radical (unpaired) electrons. The molecule has 0 spiro atoms. The Kier molecular flexibility index (Phi) is 5.26. The van der Waals surface area contributed by atoms with Crippen molar-refractivity contribution in [3.63, 3.8) is 0 Å². The Morgan fingerprint density at radius 2 is 2.04 bits per heavy atom. The van der Waals surface area contributed by atoms with Crippen LogP contribution in [-0.4, -0.2) is 31.8 Å². The van der Waals surface area contributed by atoms with Crippen LogP contribution in [-0.2, 0) is 17.8 Å². The molecule has 122 valence electrons. The lowest BCUT2D eigenvalue weighted by molar-refractivity contribution is 0.111. The number of ether oxygens (including phenoxy) is 2. The molecule has 1 aliphatic heterocycles. The van der Waals surface area contributed by atoms with Gasteiger partial charge in [-0.25, -0.2) is 4.98 Å². The lowest BCUT2D eigenvalue weighted by Gasteiger charge is -2.20. The smallest absolute Gasteiger partial charge is 0.214 e. The van der Waals surface area contributed by atoms with E-state index in [1.54, 1.807) is 0 Å². The van der Waals surface area contributed by atoms with Crippen molar-refractivity contribution in [1.29, 1.82) is 0 Å². The standard InChI is InChI=1S/C17H17NO2.C2H7N/c1-2-13-11-19-9-7-16(13)15(3-1)12-6-8-18-17(10-12)20-14-4-5-14;1-3-2/h1-3,6,8,10,14H,4-5,7,9,11H2;3H,1-2H3. The van der Waals surface area contributed by atoms with E-state index in [9.17, 15) is 0 Å². The molecule has 2 aromatic rings. The van der Waals surface area contributed by atoms with E-state index < -0.39 is 0 Å². The molecule has 0 atom stereocenters. The highest BCUT2D eigenvalue weighted by atomic mass is 16.5. The second kappa shape index (κ2) is 7.57. The van der Waals surface area contributed by atoms with E-state index in [4.69, 9.17) is 9.47 Å². The number of hydrogen-bond donors (Lipinski definition) is 1. The molecule has 2 heterocycles. The Bertz CT molecular complexity index is 654. The van der Waals surface area contributed by atoms with Crippen LogP contribution >= 0.6 is 0 Å². The van der Waals surface area contributed by atoms with Crippen molar-refractivity contribution in [2.24, 2.45) is 0 Å². The van der Waals surface area contributed by atoms with Gasteiger partial charge in [0, 0.05) is 12.3 Å². The number of pyridine rings is 1. The molecule has 0 amide bonds. The Morgan fingerprint density at radius 3 is 2.83 bits per heavy atom. The topological polar surface area (TPSA) is 43.4 Å². The van der Waals surface area contributed by atoms with Crippen LogP contribution in [0.15, 0.2) is 36.5 Å². The first-order chi connectivity index (χ1) is 11.3. The minimum atomic E-state index is 0.385. The largest absolute Gasteiger partial charge is 0.474 e. The van der Waals surface area contributed by atoms with Crippen LogP contribution in [0.1, 0.15) is 24.0 Å². The molecule has 1 N–H and O–H groups in total. The second-order valence-electron chi connectivity index (χ2n) is 5.95. The van der Waals surface area contributed by atoms with Gasteiger partial charge in [-0.3, -0.25) is 0 Å². The predicted octanol–water partition coefficient (Wildman–Crippen LogP) is 3.20. The van der Waals surface area contributed by atoms with Crippen molar-refractivity contribution >= 4 is 0 Å². The van der Waals surface area contributed by atoms with Gasteiger partial charge in [0.2, 0.25) is 5.88 Å². The van der Waals surface area contributed by atoms with Crippen molar-refractivity contribution < 1.29 is 9.47 Å². The van der Waals surface area contributed by atoms with Crippen LogP contribution in [0, 0.1) is 0 Å². The molecule has 4 heteroatoms. The predicted molar refractivity (Wildman–Crippen MR) is 91.7 cm³/mol. The number of fused-ring (bicyclic) bond motifs is 1. The van der Waals surface area contributed by atoms with Crippen molar-refractivity contribution in [2.45, 2.75) is 32.0 Å². The maximum Gasteiger partial charge on any atom is 0.214 e. The van der Waals surface area contributed by atoms with Crippen LogP contribution in [0.5, 0.6) is 5.88 Å². The van der Waals surface area contributed by atoms with E-state index in [0.717, 1.165) is 38.4 Å². The Hall–Kier alpha value is -1.91. The summed E-state index contributed by atoms with van der Waals surface area (Å²) in [6.07, 6.45) is 5.52. The molecular formula is C19H24N2O2. The van der Waals surface area contributed by atoms with E-state index in [1.165, 1.54) is 22.3 Å².